The summed E-state index contributed by atoms with van der Waals surface area (Å²) in [6.45, 7) is 4.50. The van der Waals surface area contributed by atoms with Gasteiger partial charge in [0.2, 0.25) is 11.7 Å². The minimum absolute atomic E-state index is 0.170. The van der Waals surface area contributed by atoms with Gasteiger partial charge in [0.1, 0.15) is 0 Å². The van der Waals surface area contributed by atoms with Crippen molar-refractivity contribution in [1.82, 2.24) is 24.5 Å². The van der Waals surface area contributed by atoms with E-state index in [-0.39, 0.29) is 11.4 Å². The van der Waals surface area contributed by atoms with Crippen molar-refractivity contribution in [2.75, 3.05) is 0 Å². The lowest BCUT2D eigenvalue weighted by Gasteiger charge is -2.07. The van der Waals surface area contributed by atoms with Gasteiger partial charge in [-0.25, -0.2) is 0 Å². The smallest absolute Gasteiger partial charge is 0.348 e. The number of aryl methyl sites for hydroxylation is 3. The van der Waals surface area contributed by atoms with E-state index in [4.69, 9.17) is 4.52 Å². The first-order valence-corrected chi connectivity index (χ1v) is 11.4. The number of alkyl halides is 3. The lowest BCUT2D eigenvalue weighted by molar-refractivity contribution is -0.137. The molecule has 0 spiro atoms. The highest BCUT2D eigenvalue weighted by atomic mass is 19.4. The van der Waals surface area contributed by atoms with Crippen molar-refractivity contribution in [3.8, 4) is 17.1 Å². The molecule has 0 N–H and O–H groups in total. The van der Waals surface area contributed by atoms with Crippen molar-refractivity contribution in [2.45, 2.75) is 39.4 Å². The summed E-state index contributed by atoms with van der Waals surface area (Å²) < 4.78 is 47.1. The summed E-state index contributed by atoms with van der Waals surface area (Å²) in [6, 6.07) is 13.9. The summed E-state index contributed by atoms with van der Waals surface area (Å²) in [6.07, 6.45) is -1.53. The number of nitrogens with zero attached hydrogens (tertiary/aromatic N) is 5. The van der Waals surface area contributed by atoms with Gasteiger partial charge in [0, 0.05) is 35.3 Å². The average Bonchev–Trinajstić information content (AvgIpc) is 3.43. The molecule has 2 aromatic carbocycles. The van der Waals surface area contributed by atoms with Gasteiger partial charge in [0.15, 0.2) is 0 Å². The molecule has 0 radical (unpaired) electrons. The molecular weight excluding hydrogens is 471 g/mol. The van der Waals surface area contributed by atoms with Gasteiger partial charge in [0.25, 0.3) is 5.56 Å². The Morgan fingerprint density at radius 1 is 0.972 bits per heavy atom. The zero-order valence-electron chi connectivity index (χ0n) is 19.6. The minimum Gasteiger partial charge on any atom is -0.348 e. The second kappa shape index (κ2) is 9.10. The molecular formula is C26H22F3N5O2. The zero-order chi connectivity index (χ0) is 25.4. The fourth-order valence-corrected chi connectivity index (χ4v) is 4.37. The van der Waals surface area contributed by atoms with Gasteiger partial charge in [-0.3, -0.25) is 4.79 Å². The highest BCUT2D eigenvalue weighted by molar-refractivity contribution is 5.87. The average molecular weight is 493 g/mol. The number of para-hydroxylation sites is 1. The Bertz CT molecular complexity index is 1580. The van der Waals surface area contributed by atoms with E-state index >= 15 is 0 Å². The van der Waals surface area contributed by atoms with Gasteiger partial charge >= 0.3 is 6.18 Å². The number of benzene rings is 2. The van der Waals surface area contributed by atoms with Crippen molar-refractivity contribution in [3.63, 3.8) is 0 Å². The van der Waals surface area contributed by atoms with Crippen LogP contribution in [0.4, 0.5) is 13.2 Å². The first-order valence-electron chi connectivity index (χ1n) is 11.4. The largest absolute Gasteiger partial charge is 0.416 e. The maximum atomic E-state index is 13.2. The van der Waals surface area contributed by atoms with Gasteiger partial charge in [-0.2, -0.15) is 27.9 Å². The molecule has 0 amide bonds. The summed E-state index contributed by atoms with van der Waals surface area (Å²) in [4.78, 5) is 17.5. The number of rotatable bonds is 6. The van der Waals surface area contributed by atoms with Crippen molar-refractivity contribution in [3.05, 3.63) is 94.0 Å². The summed E-state index contributed by atoms with van der Waals surface area (Å²) in [5.41, 5.74) is 2.05. The second-order valence-corrected chi connectivity index (χ2v) is 8.50. The van der Waals surface area contributed by atoms with Crippen molar-refractivity contribution in [2.24, 2.45) is 0 Å². The van der Waals surface area contributed by atoms with E-state index in [0.29, 0.717) is 41.9 Å². The summed E-state index contributed by atoms with van der Waals surface area (Å²) in [7, 11) is 0. The lowest BCUT2D eigenvalue weighted by Crippen LogP contribution is -2.21. The molecule has 3 heterocycles. The van der Waals surface area contributed by atoms with Crippen LogP contribution >= 0.6 is 0 Å². The van der Waals surface area contributed by atoms with Crippen LogP contribution in [0.25, 0.3) is 27.8 Å². The van der Waals surface area contributed by atoms with Gasteiger partial charge < -0.3 is 9.09 Å². The Morgan fingerprint density at radius 2 is 1.69 bits per heavy atom. The Hall–Kier alpha value is -4.21. The topological polar surface area (TPSA) is 78.7 Å². The molecule has 0 bridgehead atoms. The Balaban J connectivity index is 1.32. The first kappa shape index (κ1) is 23.5. The van der Waals surface area contributed by atoms with Crippen LogP contribution in [0.15, 0.2) is 70.1 Å². The summed E-state index contributed by atoms with van der Waals surface area (Å²) in [5.74, 6) is 0.635. The van der Waals surface area contributed by atoms with E-state index in [9.17, 15) is 18.0 Å². The van der Waals surface area contributed by atoms with Crippen LogP contribution in [0.1, 0.15) is 29.3 Å². The molecule has 0 atom stereocenters. The van der Waals surface area contributed by atoms with Crippen molar-refractivity contribution >= 4 is 10.8 Å². The molecule has 7 nitrogen and oxygen atoms in total. The highest BCUT2D eigenvalue weighted by Gasteiger charge is 2.30. The molecule has 3 aromatic heterocycles. The maximum absolute atomic E-state index is 13.2. The fourth-order valence-electron chi connectivity index (χ4n) is 4.37. The Morgan fingerprint density at radius 3 is 2.39 bits per heavy atom. The van der Waals surface area contributed by atoms with E-state index in [1.54, 1.807) is 6.20 Å². The monoisotopic (exact) mass is 493 g/mol. The van der Waals surface area contributed by atoms with Crippen LogP contribution in [0, 0.1) is 13.8 Å². The van der Waals surface area contributed by atoms with Crippen molar-refractivity contribution < 1.29 is 17.7 Å². The van der Waals surface area contributed by atoms with Gasteiger partial charge in [-0.15, -0.1) is 0 Å². The van der Waals surface area contributed by atoms with E-state index in [1.165, 1.54) is 16.8 Å². The summed E-state index contributed by atoms with van der Waals surface area (Å²) >= 11 is 0. The molecule has 0 saturated heterocycles. The van der Waals surface area contributed by atoms with E-state index < -0.39 is 11.7 Å². The van der Waals surface area contributed by atoms with Crippen LogP contribution in [-0.4, -0.2) is 24.5 Å². The SMILES string of the molecule is Cc1c2cnn(-c3ccccc3)c(=O)c2c(C)n1CCCc1nc(-c2ccc(C(F)(F)F)cc2)no1. The number of hydrogen-bond donors (Lipinski definition) is 0. The van der Waals surface area contributed by atoms with Crippen LogP contribution in [0.5, 0.6) is 0 Å². The molecule has 0 saturated carbocycles. The van der Waals surface area contributed by atoms with Gasteiger partial charge in [0.05, 0.1) is 22.8 Å². The zero-order valence-corrected chi connectivity index (χ0v) is 19.6. The van der Waals surface area contributed by atoms with Crippen LogP contribution < -0.4 is 5.56 Å². The third-order valence-electron chi connectivity index (χ3n) is 6.25. The molecule has 0 fully saturated rings. The number of hydrogen-bond acceptors (Lipinski definition) is 5. The molecule has 0 unspecified atom stereocenters. The molecule has 5 rings (SSSR count). The quantitative estimate of drug-likeness (QED) is 0.312. The second-order valence-electron chi connectivity index (χ2n) is 8.50. The van der Waals surface area contributed by atoms with E-state index in [1.807, 2.05) is 44.2 Å². The molecule has 0 aliphatic rings. The number of aromatic nitrogens is 5. The number of halogens is 3. The highest BCUT2D eigenvalue weighted by Crippen LogP contribution is 2.30. The first-order chi connectivity index (χ1) is 17.2. The predicted molar refractivity (Wildman–Crippen MR) is 128 cm³/mol. The van der Waals surface area contributed by atoms with E-state index in [2.05, 4.69) is 19.8 Å². The third kappa shape index (κ3) is 4.30. The standard InChI is InChI=1S/C26H22F3N5O2/c1-16-21-15-30-34(20-7-4-3-5-8-20)25(35)23(21)17(2)33(16)14-6-9-22-31-24(32-36-22)18-10-12-19(13-11-18)26(27,28)29/h3-5,7-8,10-13,15H,6,9,14H2,1-2H3. The van der Waals surface area contributed by atoms with Crippen LogP contribution in [0.2, 0.25) is 0 Å². The Labute approximate surface area is 203 Å². The fraction of sp³-hybridized carbons (Fsp3) is 0.231. The van der Waals surface area contributed by atoms with Crippen molar-refractivity contribution in [1.29, 1.82) is 0 Å². The molecule has 10 heteroatoms. The molecule has 5 aromatic rings. The molecule has 0 aliphatic heterocycles. The third-order valence-corrected chi connectivity index (χ3v) is 6.25. The van der Waals surface area contributed by atoms with Crippen LogP contribution in [-0.2, 0) is 19.1 Å². The normalized spacial score (nSPS) is 11.9. The molecule has 0 aliphatic carbocycles. The molecule has 36 heavy (non-hydrogen) atoms. The van der Waals surface area contributed by atoms with Gasteiger partial charge in [-0.05, 0) is 44.5 Å². The summed E-state index contributed by atoms with van der Waals surface area (Å²) in [5, 5.41) is 9.71. The lowest BCUT2D eigenvalue weighted by atomic mass is 10.1. The molecule has 184 valence electrons. The maximum Gasteiger partial charge on any atom is 0.416 e. The van der Waals surface area contributed by atoms with Crippen LogP contribution in [0.3, 0.4) is 0 Å². The van der Waals surface area contributed by atoms with Gasteiger partial charge in [-0.1, -0.05) is 35.5 Å². The van der Waals surface area contributed by atoms with E-state index in [0.717, 1.165) is 28.9 Å². The minimum atomic E-state index is -4.40. The predicted octanol–water partition coefficient (Wildman–Crippen LogP) is 5.51. The Kier molecular flexibility index (Phi) is 5.95. The number of fused-ring (bicyclic) bond motifs is 1.